The minimum atomic E-state index is -1.57. The molecule has 0 aromatic heterocycles. The van der Waals surface area contributed by atoms with Gasteiger partial charge in [-0.15, -0.1) is 0 Å². The number of allylic oxidation sites excluding steroid dienone is 2. The van der Waals surface area contributed by atoms with Crippen LogP contribution in [0.15, 0.2) is 37.6 Å². The van der Waals surface area contributed by atoms with Crippen LogP contribution in [0.1, 0.15) is 46.5 Å². The fourth-order valence-electron chi connectivity index (χ4n) is 1.61. The summed E-state index contributed by atoms with van der Waals surface area (Å²) in [5.74, 6) is 0. The maximum atomic E-state index is 6.15. The molecule has 0 aromatic rings. The Morgan fingerprint density at radius 2 is 1.71 bits per heavy atom. The van der Waals surface area contributed by atoms with Gasteiger partial charge in [0.15, 0.2) is 8.32 Å². The number of rotatable bonds is 11. The van der Waals surface area contributed by atoms with Gasteiger partial charge in [-0.05, 0) is 43.8 Å². The molecule has 0 spiro atoms. The van der Waals surface area contributed by atoms with Crippen molar-refractivity contribution in [3.63, 3.8) is 0 Å². The lowest BCUT2D eigenvalue weighted by molar-refractivity contribution is 0.180. The molecule has 0 saturated carbocycles. The summed E-state index contributed by atoms with van der Waals surface area (Å²) in [7, 11) is -1.57. The van der Waals surface area contributed by atoms with Gasteiger partial charge in [0.2, 0.25) is 0 Å². The Labute approximate surface area is 133 Å². The Morgan fingerprint density at radius 1 is 1.10 bits per heavy atom. The van der Waals surface area contributed by atoms with Crippen LogP contribution in [0.5, 0.6) is 0 Å². The first kappa shape index (κ1) is 20.2. The molecule has 0 aliphatic rings. The second-order valence-electron chi connectivity index (χ2n) is 6.88. The average Bonchev–Trinajstić information content (AvgIpc) is 2.39. The van der Waals surface area contributed by atoms with Crippen LogP contribution in [0.25, 0.3) is 0 Å². The highest BCUT2D eigenvalue weighted by molar-refractivity contribution is 6.74. The lowest BCUT2D eigenvalue weighted by atomic mass is 10.1. The molecule has 0 fully saturated rings. The SMILES string of the molecule is C=COC(C=C)CC/C=C/CCCO[Si](C)(C)C(C)(C)C. The van der Waals surface area contributed by atoms with Crippen molar-refractivity contribution in [1.29, 1.82) is 0 Å². The van der Waals surface area contributed by atoms with Gasteiger partial charge in [-0.3, -0.25) is 0 Å². The maximum absolute atomic E-state index is 6.15. The summed E-state index contributed by atoms with van der Waals surface area (Å²) in [6.45, 7) is 19.6. The summed E-state index contributed by atoms with van der Waals surface area (Å²) in [5, 5.41) is 0.299. The molecule has 0 saturated heterocycles. The first-order chi connectivity index (χ1) is 9.74. The summed E-state index contributed by atoms with van der Waals surface area (Å²) in [6.07, 6.45) is 12.0. The van der Waals surface area contributed by atoms with Crippen LogP contribution in [0, 0.1) is 0 Å². The molecule has 0 amide bonds. The van der Waals surface area contributed by atoms with Crippen molar-refractivity contribution in [2.45, 2.75) is 70.7 Å². The Hall–Kier alpha value is -0.803. The maximum Gasteiger partial charge on any atom is 0.191 e. The first-order valence-corrected chi connectivity index (χ1v) is 10.8. The van der Waals surface area contributed by atoms with E-state index in [1.165, 1.54) is 6.26 Å². The average molecular weight is 311 g/mol. The summed E-state index contributed by atoms with van der Waals surface area (Å²) in [4.78, 5) is 0. The lowest BCUT2D eigenvalue weighted by Crippen LogP contribution is -2.40. The van der Waals surface area contributed by atoms with E-state index in [4.69, 9.17) is 9.16 Å². The predicted molar refractivity (Wildman–Crippen MR) is 96.0 cm³/mol. The monoisotopic (exact) mass is 310 g/mol. The van der Waals surface area contributed by atoms with Gasteiger partial charge in [0.1, 0.15) is 6.10 Å². The van der Waals surface area contributed by atoms with Crippen LogP contribution in [-0.2, 0) is 9.16 Å². The van der Waals surface area contributed by atoms with E-state index >= 15 is 0 Å². The Kier molecular flexibility index (Phi) is 9.63. The largest absolute Gasteiger partial charge is 0.495 e. The smallest absolute Gasteiger partial charge is 0.191 e. The van der Waals surface area contributed by atoms with Gasteiger partial charge in [-0.1, -0.05) is 52.2 Å². The third-order valence-electron chi connectivity index (χ3n) is 4.10. The van der Waals surface area contributed by atoms with E-state index in [-0.39, 0.29) is 6.10 Å². The number of hydrogen-bond acceptors (Lipinski definition) is 2. The van der Waals surface area contributed by atoms with Crippen molar-refractivity contribution in [3.8, 4) is 0 Å². The second kappa shape index (κ2) is 10.0. The molecule has 0 aliphatic heterocycles. The van der Waals surface area contributed by atoms with Crippen LogP contribution >= 0.6 is 0 Å². The van der Waals surface area contributed by atoms with E-state index in [9.17, 15) is 0 Å². The normalized spacial score (nSPS) is 14.1. The molecule has 0 heterocycles. The van der Waals surface area contributed by atoms with Crippen molar-refractivity contribution in [3.05, 3.63) is 37.6 Å². The summed E-state index contributed by atoms with van der Waals surface area (Å²) in [5.41, 5.74) is 0. The fourth-order valence-corrected chi connectivity index (χ4v) is 2.69. The zero-order chi connectivity index (χ0) is 16.4. The zero-order valence-electron chi connectivity index (χ0n) is 14.7. The van der Waals surface area contributed by atoms with E-state index in [1.807, 2.05) is 6.08 Å². The van der Waals surface area contributed by atoms with Crippen molar-refractivity contribution in [2.75, 3.05) is 6.61 Å². The summed E-state index contributed by atoms with van der Waals surface area (Å²) in [6, 6.07) is 0. The molecular formula is C18H34O2Si. The Balaban J connectivity index is 3.74. The highest BCUT2D eigenvalue weighted by atomic mass is 28.4. The fraction of sp³-hybridized carbons (Fsp3) is 0.667. The molecule has 21 heavy (non-hydrogen) atoms. The van der Waals surface area contributed by atoms with Gasteiger partial charge in [-0.25, -0.2) is 0 Å². The second-order valence-corrected chi connectivity index (χ2v) is 11.7. The van der Waals surface area contributed by atoms with Crippen LogP contribution < -0.4 is 0 Å². The lowest BCUT2D eigenvalue weighted by Gasteiger charge is -2.36. The molecule has 0 bridgehead atoms. The molecule has 0 N–H and O–H groups in total. The van der Waals surface area contributed by atoms with E-state index in [0.717, 1.165) is 32.3 Å². The third kappa shape index (κ3) is 8.94. The van der Waals surface area contributed by atoms with E-state index in [2.05, 4.69) is 59.2 Å². The van der Waals surface area contributed by atoms with Crippen molar-refractivity contribution in [2.24, 2.45) is 0 Å². The molecule has 3 heteroatoms. The zero-order valence-corrected chi connectivity index (χ0v) is 15.7. The van der Waals surface area contributed by atoms with Crippen molar-refractivity contribution < 1.29 is 9.16 Å². The molecule has 0 rings (SSSR count). The third-order valence-corrected chi connectivity index (χ3v) is 8.64. The Bertz CT molecular complexity index is 327. The molecule has 122 valence electrons. The van der Waals surface area contributed by atoms with Crippen LogP contribution in [0.2, 0.25) is 18.1 Å². The Morgan fingerprint density at radius 3 is 2.24 bits per heavy atom. The molecular weight excluding hydrogens is 276 g/mol. The quantitative estimate of drug-likeness (QED) is 0.206. The molecule has 1 atom stereocenters. The van der Waals surface area contributed by atoms with Gasteiger partial charge >= 0.3 is 0 Å². The van der Waals surface area contributed by atoms with E-state index in [1.54, 1.807) is 0 Å². The first-order valence-electron chi connectivity index (χ1n) is 7.92. The molecule has 0 aliphatic carbocycles. The van der Waals surface area contributed by atoms with Crippen LogP contribution in [-0.4, -0.2) is 21.0 Å². The summed E-state index contributed by atoms with van der Waals surface area (Å²) < 4.78 is 11.5. The van der Waals surface area contributed by atoms with Crippen molar-refractivity contribution >= 4 is 8.32 Å². The van der Waals surface area contributed by atoms with Gasteiger partial charge in [0.25, 0.3) is 0 Å². The predicted octanol–water partition coefficient (Wildman–Crippen LogP) is 5.84. The van der Waals surface area contributed by atoms with Crippen LogP contribution in [0.4, 0.5) is 0 Å². The molecule has 2 nitrogen and oxygen atoms in total. The molecule has 0 aromatic carbocycles. The number of ether oxygens (including phenoxy) is 1. The van der Waals surface area contributed by atoms with Gasteiger partial charge in [0, 0.05) is 6.61 Å². The topological polar surface area (TPSA) is 18.5 Å². The van der Waals surface area contributed by atoms with E-state index < -0.39 is 8.32 Å². The van der Waals surface area contributed by atoms with Crippen molar-refractivity contribution in [1.82, 2.24) is 0 Å². The summed E-state index contributed by atoms with van der Waals surface area (Å²) >= 11 is 0. The van der Waals surface area contributed by atoms with Gasteiger partial charge in [0.05, 0.1) is 6.26 Å². The van der Waals surface area contributed by atoms with Crippen LogP contribution in [0.3, 0.4) is 0 Å². The van der Waals surface area contributed by atoms with Gasteiger partial charge in [-0.2, -0.15) is 0 Å². The molecule has 0 radical (unpaired) electrons. The number of unbranched alkanes of at least 4 members (excludes halogenated alkanes) is 1. The molecule has 1 unspecified atom stereocenters. The van der Waals surface area contributed by atoms with E-state index in [0.29, 0.717) is 5.04 Å². The highest BCUT2D eigenvalue weighted by Crippen LogP contribution is 2.36. The number of hydrogen-bond donors (Lipinski definition) is 0. The minimum Gasteiger partial charge on any atom is -0.495 e. The standard InChI is InChI=1S/C18H34O2Si/c1-8-17(19-9-2)15-13-11-10-12-14-16-20-21(6,7)18(3,4)5/h8-11,17H,1-2,12-16H2,3-7H3/b11-10+. The minimum absolute atomic E-state index is 0.0778. The van der Waals surface area contributed by atoms with Gasteiger partial charge < -0.3 is 9.16 Å². The highest BCUT2D eigenvalue weighted by Gasteiger charge is 2.36.